The van der Waals surface area contributed by atoms with Crippen LogP contribution in [0.25, 0.3) is 55.2 Å². The number of nitrogens with zero attached hydrogens (tertiary/aromatic N) is 4. The van der Waals surface area contributed by atoms with Crippen LogP contribution >= 0.6 is 0 Å². The summed E-state index contributed by atoms with van der Waals surface area (Å²) >= 11 is 0. The molecule has 0 saturated heterocycles. The molecule has 8 heteroatoms. The molecule has 0 aliphatic rings. The van der Waals surface area contributed by atoms with Crippen LogP contribution in [-0.4, -0.2) is 19.1 Å². The molecule has 4 heterocycles. The van der Waals surface area contributed by atoms with Crippen LogP contribution in [0.2, 0.25) is 0 Å². The normalized spacial score (nSPS) is 10.8. The predicted molar refractivity (Wildman–Crippen MR) is 283 cm³/mol. The van der Waals surface area contributed by atoms with Crippen LogP contribution < -0.4 is 9.47 Å². The predicted octanol–water partition coefficient (Wildman–Crippen LogP) is 15.5. The Labute approximate surface area is 454 Å². The van der Waals surface area contributed by atoms with E-state index in [2.05, 4.69) is 136 Å². The molecule has 6 aromatic carbocycles. The molecule has 0 saturated carbocycles. The molecule has 0 unspecified atom stereocenters. The number of hydrogen-bond acceptors (Lipinski definition) is 4. The van der Waals surface area contributed by atoms with Crippen LogP contribution in [0, 0.1) is 63.0 Å². The van der Waals surface area contributed by atoms with Crippen LogP contribution in [0.4, 0.5) is 0 Å². The Morgan fingerprint density at radius 2 is 0.819 bits per heavy atom. The smallest absolute Gasteiger partial charge is 0.215 e. The van der Waals surface area contributed by atoms with Crippen LogP contribution in [0.1, 0.15) is 64.1 Å². The topological polar surface area (TPSA) is 54.1 Å². The largest absolute Gasteiger partial charge is 0.669 e. The summed E-state index contributed by atoms with van der Waals surface area (Å²) < 4.78 is 15.6. The third kappa shape index (κ3) is 12.4. The first kappa shape index (κ1) is 54.1. The van der Waals surface area contributed by atoms with E-state index in [0.29, 0.717) is 34.4 Å². The molecular weight excluding hydrogens is 1250 g/mol. The monoisotopic (exact) mass is 1300 g/mol. The van der Waals surface area contributed by atoms with E-state index >= 15 is 0 Å². The van der Waals surface area contributed by atoms with Gasteiger partial charge in [0.05, 0.1) is 11.4 Å². The maximum atomic E-state index is 7.52. The maximum Gasteiger partial charge on any atom is 0.215 e. The van der Waals surface area contributed by atoms with Gasteiger partial charge in [-0.2, -0.15) is 12.1 Å². The quantitative estimate of drug-likeness (QED) is 0.118. The second kappa shape index (κ2) is 23.8. The molecule has 72 heavy (non-hydrogen) atoms. The van der Waals surface area contributed by atoms with Gasteiger partial charge in [0.15, 0.2) is 0 Å². The van der Waals surface area contributed by atoms with Crippen molar-refractivity contribution >= 4 is 21.5 Å². The van der Waals surface area contributed by atoms with Gasteiger partial charge in [-0.25, -0.2) is 22.1 Å². The fourth-order valence-corrected chi connectivity index (χ4v) is 8.15. The van der Waals surface area contributed by atoms with Crippen molar-refractivity contribution in [1.82, 2.24) is 19.1 Å². The minimum Gasteiger partial charge on any atom is -0.669 e. The molecule has 10 rings (SSSR count). The number of rotatable bonds is 7. The van der Waals surface area contributed by atoms with Gasteiger partial charge in [0.25, 0.3) is 0 Å². The Kier molecular flexibility index (Phi) is 17.9. The molecule has 0 fully saturated rings. The van der Waals surface area contributed by atoms with Crippen LogP contribution in [0.3, 0.4) is 0 Å². The third-order valence-corrected chi connectivity index (χ3v) is 11.9. The van der Waals surface area contributed by atoms with Gasteiger partial charge in [-0.3, -0.25) is 12.1 Å². The third-order valence-electron chi connectivity index (χ3n) is 11.9. The molecule has 0 N–H and O–H groups in total. The first-order chi connectivity index (χ1) is 33.7. The summed E-state index contributed by atoms with van der Waals surface area (Å²) in [5.41, 5.74) is 10.1. The summed E-state index contributed by atoms with van der Waals surface area (Å²) in [6.07, 6.45) is 18.6. The minimum atomic E-state index is 0. The summed E-state index contributed by atoms with van der Waals surface area (Å²) in [6, 6.07) is 69.8. The van der Waals surface area contributed by atoms with Gasteiger partial charge < -0.3 is 66.8 Å². The molecule has 0 spiro atoms. The molecule has 0 bridgehead atoms. The van der Waals surface area contributed by atoms with Crippen LogP contribution in [-0.2, 0) is 53.0 Å². The fraction of sp³-hybridized carbons (Fsp3) is 0.156. The molecule has 0 atom stereocenters. The first-order valence-electron chi connectivity index (χ1n) is 23.1. The zero-order valence-electron chi connectivity index (χ0n) is 41.4. The van der Waals surface area contributed by atoms with E-state index in [-0.39, 0.29) is 53.0 Å². The number of aryl methyl sites for hydroxylation is 2. The number of aromatic nitrogens is 4. The molecular formula is C64H52N4O2Pt2-6. The van der Waals surface area contributed by atoms with Crippen molar-refractivity contribution < 1.29 is 51.6 Å². The molecule has 10 aromatic rings. The van der Waals surface area contributed by atoms with E-state index in [1.165, 1.54) is 21.5 Å². The number of ether oxygens (including phenoxy) is 2. The van der Waals surface area contributed by atoms with E-state index in [1.807, 2.05) is 108 Å². The van der Waals surface area contributed by atoms with Gasteiger partial charge in [-0.05, 0) is 59.1 Å². The standard InChI is InChI=1S/C30H28N2O2.2C17H12N.2Pt/c1-29(2,3)23-13-15-31-27(19-23)33-25-11-7-9-21(17-25)22-10-8-12-26(18-22)34-28-20-24(14-16-32-28)30(4,5)6;2*1-3-18-13(2)15-11-7-8-12-16(15)17(18)14-9-5-4-6-10-14;;/h7-8,11-16,19-20H,1-6H3;2*4-12H,2H3;;/q-4;2*-1;;. The summed E-state index contributed by atoms with van der Waals surface area (Å²) in [5, 5.41) is 4.69. The van der Waals surface area contributed by atoms with E-state index in [1.54, 1.807) is 36.7 Å². The average Bonchev–Trinajstić information content (AvgIpc) is 3.83. The first-order valence-corrected chi connectivity index (χ1v) is 23.1. The van der Waals surface area contributed by atoms with Crippen LogP contribution in [0.5, 0.6) is 23.3 Å². The molecule has 0 aliphatic heterocycles. The zero-order valence-corrected chi connectivity index (χ0v) is 45.9. The van der Waals surface area contributed by atoms with Crippen LogP contribution in [0.15, 0.2) is 170 Å². The molecule has 6 nitrogen and oxygen atoms in total. The molecule has 0 amide bonds. The van der Waals surface area contributed by atoms with E-state index < -0.39 is 0 Å². The van der Waals surface area contributed by atoms with Gasteiger partial charge in [0.2, 0.25) is 11.8 Å². The van der Waals surface area contributed by atoms with Gasteiger partial charge in [-0.1, -0.05) is 162 Å². The summed E-state index contributed by atoms with van der Waals surface area (Å²) in [6.45, 7) is 17.0. The van der Waals surface area contributed by atoms with E-state index in [4.69, 9.17) is 22.3 Å². The van der Waals surface area contributed by atoms with Crippen molar-refractivity contribution in [3.8, 4) is 69.0 Å². The van der Waals surface area contributed by atoms with Crippen molar-refractivity contribution in [3.63, 3.8) is 0 Å². The van der Waals surface area contributed by atoms with Gasteiger partial charge in [0.1, 0.15) is 0 Å². The second-order valence-corrected chi connectivity index (χ2v) is 18.7. The van der Waals surface area contributed by atoms with Crippen molar-refractivity contribution in [1.29, 1.82) is 0 Å². The fourth-order valence-electron chi connectivity index (χ4n) is 8.15. The van der Waals surface area contributed by atoms with Crippen molar-refractivity contribution in [3.05, 3.63) is 230 Å². The summed E-state index contributed by atoms with van der Waals surface area (Å²) in [5.74, 6) is 2.13. The Morgan fingerprint density at radius 1 is 0.472 bits per heavy atom. The zero-order chi connectivity index (χ0) is 49.4. The number of hydrogen-bond donors (Lipinski definition) is 0. The van der Waals surface area contributed by atoms with Crippen molar-refractivity contribution in [2.75, 3.05) is 0 Å². The van der Waals surface area contributed by atoms with Gasteiger partial charge in [-0.15, -0.1) is 0 Å². The Balaban J connectivity index is 0.000000189. The molecule has 4 aromatic heterocycles. The average molecular weight is 1300 g/mol. The second-order valence-electron chi connectivity index (χ2n) is 18.7. The SMILES string of the molecule is CC(C)(C)c1ccnc(Oc2[c-]c(-c3[c-]ccc(Oc4cc(C(C)(C)C)ccn4)[c-]3)[c-]cc2)c1.[C-]#Cn1c(C)c2ccccc2c1-c1ccccc1.[C-]#Cn1c(C)c2ccccc2c1-c1ccccc1.[Pt].[Pt]. The minimum absolute atomic E-state index is 0. The summed E-state index contributed by atoms with van der Waals surface area (Å²) in [7, 11) is 0. The Morgan fingerprint density at radius 3 is 1.17 bits per heavy atom. The number of benzene rings is 6. The Hall–Kier alpha value is -7.20. The van der Waals surface area contributed by atoms with E-state index in [0.717, 1.165) is 45.0 Å². The van der Waals surface area contributed by atoms with Crippen molar-refractivity contribution in [2.24, 2.45) is 0 Å². The Bertz CT molecular complexity index is 3280. The van der Waals surface area contributed by atoms with E-state index in [9.17, 15) is 0 Å². The van der Waals surface area contributed by atoms with Crippen molar-refractivity contribution in [2.45, 2.75) is 66.2 Å². The molecule has 0 radical (unpaired) electrons. The van der Waals surface area contributed by atoms with Gasteiger partial charge in [0, 0.05) is 99.6 Å². The van der Waals surface area contributed by atoms with Gasteiger partial charge >= 0.3 is 0 Å². The number of fused-ring (bicyclic) bond motifs is 2. The number of pyridine rings is 2. The summed E-state index contributed by atoms with van der Waals surface area (Å²) in [4.78, 5) is 8.68. The molecule has 366 valence electrons. The molecule has 0 aliphatic carbocycles. The maximum absolute atomic E-state index is 7.52.